The van der Waals surface area contributed by atoms with Crippen molar-refractivity contribution in [2.45, 2.75) is 25.7 Å². The van der Waals surface area contributed by atoms with Crippen LogP contribution < -0.4 is 11.3 Å². The van der Waals surface area contributed by atoms with Crippen LogP contribution in [0.25, 0.3) is 10.2 Å². The van der Waals surface area contributed by atoms with Crippen molar-refractivity contribution in [2.24, 2.45) is 5.84 Å². The summed E-state index contributed by atoms with van der Waals surface area (Å²) >= 11 is 1.66. The minimum atomic E-state index is 0.809. The lowest BCUT2D eigenvalue weighted by Crippen LogP contribution is -2.05. The first kappa shape index (κ1) is 9.12. The fourth-order valence-electron chi connectivity index (χ4n) is 2.27. The highest BCUT2D eigenvalue weighted by Gasteiger charge is 2.14. The van der Waals surface area contributed by atoms with E-state index in [9.17, 15) is 0 Å². The van der Waals surface area contributed by atoms with Crippen molar-refractivity contribution in [3.05, 3.63) is 23.3 Å². The molecule has 0 fully saturated rings. The Kier molecular flexibility index (Phi) is 2.11. The molecule has 3 nitrogen and oxygen atoms in total. The van der Waals surface area contributed by atoms with E-state index in [-0.39, 0.29) is 0 Å². The van der Waals surface area contributed by atoms with E-state index in [2.05, 4.69) is 22.5 Å². The predicted octanol–water partition coefficient (Wildman–Crippen LogP) is 2.46. The highest BCUT2D eigenvalue weighted by atomic mass is 32.1. The van der Waals surface area contributed by atoms with Crippen molar-refractivity contribution >= 4 is 26.7 Å². The Bertz CT molecular complexity index is 504. The van der Waals surface area contributed by atoms with Gasteiger partial charge in [0, 0.05) is 0 Å². The number of nitrogens with one attached hydrogen (secondary N) is 1. The van der Waals surface area contributed by atoms with Gasteiger partial charge in [0.25, 0.3) is 0 Å². The van der Waals surface area contributed by atoms with Crippen LogP contribution in [-0.2, 0) is 12.8 Å². The molecule has 78 valence electrons. The minimum Gasteiger partial charge on any atom is -0.300 e. The van der Waals surface area contributed by atoms with Gasteiger partial charge in [0.1, 0.15) is 0 Å². The van der Waals surface area contributed by atoms with Crippen molar-refractivity contribution in [3.8, 4) is 0 Å². The summed E-state index contributed by atoms with van der Waals surface area (Å²) in [4.78, 5) is 4.42. The van der Waals surface area contributed by atoms with Gasteiger partial charge in [0.15, 0.2) is 5.13 Å². The first-order chi connectivity index (χ1) is 7.38. The Morgan fingerprint density at radius 3 is 3.00 bits per heavy atom. The molecule has 15 heavy (non-hydrogen) atoms. The number of aromatic nitrogens is 1. The fourth-order valence-corrected chi connectivity index (χ4v) is 3.25. The van der Waals surface area contributed by atoms with Gasteiger partial charge in [-0.2, -0.15) is 0 Å². The van der Waals surface area contributed by atoms with Gasteiger partial charge in [-0.1, -0.05) is 17.4 Å². The molecule has 4 heteroatoms. The lowest BCUT2D eigenvalue weighted by Gasteiger charge is -2.15. The molecular formula is C11H13N3S. The molecule has 0 unspecified atom stereocenters. The molecule has 0 radical (unpaired) electrons. The summed E-state index contributed by atoms with van der Waals surface area (Å²) in [6.45, 7) is 0. The molecular weight excluding hydrogens is 206 g/mol. The van der Waals surface area contributed by atoms with Gasteiger partial charge in [-0.25, -0.2) is 10.8 Å². The highest BCUT2D eigenvalue weighted by Crippen LogP contribution is 2.34. The monoisotopic (exact) mass is 219 g/mol. The number of nitrogen functional groups attached to an aromatic ring is 1. The zero-order valence-corrected chi connectivity index (χ0v) is 9.23. The van der Waals surface area contributed by atoms with E-state index in [1.807, 2.05) is 0 Å². The van der Waals surface area contributed by atoms with E-state index in [4.69, 9.17) is 5.84 Å². The van der Waals surface area contributed by atoms with Crippen LogP contribution in [-0.4, -0.2) is 4.98 Å². The topological polar surface area (TPSA) is 50.9 Å². The maximum atomic E-state index is 5.39. The van der Waals surface area contributed by atoms with Crippen molar-refractivity contribution in [2.75, 3.05) is 5.43 Å². The summed E-state index contributed by atoms with van der Waals surface area (Å²) < 4.78 is 1.32. The van der Waals surface area contributed by atoms with Crippen molar-refractivity contribution in [1.82, 2.24) is 4.98 Å². The van der Waals surface area contributed by atoms with Gasteiger partial charge in [-0.15, -0.1) is 0 Å². The Hall–Kier alpha value is -1.13. The fraction of sp³-hybridized carbons (Fsp3) is 0.364. The standard InChI is InChI=1S/C11H13N3S/c12-14-11-13-9-6-5-7-3-1-2-4-8(7)10(9)15-11/h5-6H,1-4,12H2,(H,13,14). The van der Waals surface area contributed by atoms with E-state index in [1.54, 1.807) is 11.3 Å². The van der Waals surface area contributed by atoms with Gasteiger partial charge in [0.05, 0.1) is 10.2 Å². The lowest BCUT2D eigenvalue weighted by atomic mass is 9.91. The van der Waals surface area contributed by atoms with Crippen LogP contribution in [0.1, 0.15) is 24.0 Å². The molecule has 0 bridgehead atoms. The zero-order chi connectivity index (χ0) is 10.3. The molecule has 1 heterocycles. The third kappa shape index (κ3) is 1.41. The maximum absolute atomic E-state index is 5.39. The molecule has 1 aromatic carbocycles. The number of hydrogen-bond acceptors (Lipinski definition) is 4. The van der Waals surface area contributed by atoms with Gasteiger partial charge in [-0.3, -0.25) is 5.43 Å². The van der Waals surface area contributed by atoms with Crippen LogP contribution >= 0.6 is 11.3 Å². The molecule has 0 atom stereocenters. The minimum absolute atomic E-state index is 0.809. The molecule has 0 amide bonds. The number of hydrogen-bond donors (Lipinski definition) is 2. The number of benzene rings is 1. The van der Waals surface area contributed by atoms with Crippen molar-refractivity contribution in [3.63, 3.8) is 0 Å². The van der Waals surface area contributed by atoms with E-state index in [0.29, 0.717) is 0 Å². The number of thiazole rings is 1. The van der Waals surface area contributed by atoms with E-state index >= 15 is 0 Å². The molecule has 1 aliphatic rings. The van der Waals surface area contributed by atoms with Crippen LogP contribution in [0, 0.1) is 0 Å². The molecule has 1 aromatic heterocycles. The SMILES string of the molecule is NNc1nc2ccc3c(c2s1)CCCC3. The van der Waals surface area contributed by atoms with Crippen LogP contribution in [0.3, 0.4) is 0 Å². The second-order valence-electron chi connectivity index (χ2n) is 3.92. The number of aryl methyl sites for hydroxylation is 2. The van der Waals surface area contributed by atoms with E-state index in [0.717, 1.165) is 10.6 Å². The van der Waals surface area contributed by atoms with Crippen LogP contribution in [0.2, 0.25) is 0 Å². The predicted molar refractivity (Wildman–Crippen MR) is 64.1 cm³/mol. The number of anilines is 1. The second kappa shape index (κ2) is 3.47. The second-order valence-corrected chi connectivity index (χ2v) is 4.92. The summed E-state index contributed by atoms with van der Waals surface area (Å²) in [5, 5.41) is 0.809. The number of fused-ring (bicyclic) bond motifs is 3. The summed E-state index contributed by atoms with van der Waals surface area (Å²) in [5.74, 6) is 5.39. The van der Waals surface area contributed by atoms with Crippen molar-refractivity contribution < 1.29 is 0 Å². The molecule has 0 saturated heterocycles. The largest absolute Gasteiger partial charge is 0.300 e. The van der Waals surface area contributed by atoms with Gasteiger partial charge in [-0.05, 0) is 42.9 Å². The Balaban J connectivity index is 2.25. The summed E-state index contributed by atoms with van der Waals surface area (Å²) in [6.07, 6.45) is 5.03. The summed E-state index contributed by atoms with van der Waals surface area (Å²) in [6, 6.07) is 4.33. The molecule has 0 aliphatic heterocycles. The molecule has 0 spiro atoms. The lowest BCUT2D eigenvalue weighted by molar-refractivity contribution is 0.690. The molecule has 0 saturated carbocycles. The molecule has 1 aliphatic carbocycles. The van der Waals surface area contributed by atoms with Crippen molar-refractivity contribution in [1.29, 1.82) is 0 Å². The normalized spacial score (nSPS) is 15.3. The summed E-state index contributed by atoms with van der Waals surface area (Å²) in [7, 11) is 0. The number of rotatable bonds is 1. The van der Waals surface area contributed by atoms with Crippen LogP contribution in [0.4, 0.5) is 5.13 Å². The molecule has 3 N–H and O–H groups in total. The quantitative estimate of drug-likeness (QED) is 0.572. The Morgan fingerprint density at radius 2 is 2.13 bits per heavy atom. The van der Waals surface area contributed by atoms with Gasteiger partial charge < -0.3 is 0 Å². The van der Waals surface area contributed by atoms with Crippen LogP contribution in [0.15, 0.2) is 12.1 Å². The Labute approximate surface area is 92.3 Å². The smallest absolute Gasteiger partial charge is 0.198 e. The Morgan fingerprint density at radius 1 is 1.27 bits per heavy atom. The number of nitrogens with two attached hydrogens (primary N) is 1. The number of nitrogens with zero attached hydrogens (tertiary/aromatic N) is 1. The van der Waals surface area contributed by atoms with E-state index < -0.39 is 0 Å². The number of hydrazine groups is 1. The van der Waals surface area contributed by atoms with Gasteiger partial charge >= 0.3 is 0 Å². The maximum Gasteiger partial charge on any atom is 0.198 e. The molecule has 2 aromatic rings. The van der Waals surface area contributed by atoms with E-state index in [1.165, 1.54) is 41.5 Å². The highest BCUT2D eigenvalue weighted by molar-refractivity contribution is 7.22. The third-order valence-electron chi connectivity index (χ3n) is 3.00. The third-order valence-corrected chi connectivity index (χ3v) is 4.07. The average Bonchev–Trinajstić information content (AvgIpc) is 2.72. The first-order valence-corrected chi connectivity index (χ1v) is 6.08. The average molecular weight is 219 g/mol. The zero-order valence-electron chi connectivity index (χ0n) is 8.42. The van der Waals surface area contributed by atoms with Gasteiger partial charge in [0.2, 0.25) is 0 Å². The van der Waals surface area contributed by atoms with Crippen LogP contribution in [0.5, 0.6) is 0 Å². The first-order valence-electron chi connectivity index (χ1n) is 5.26. The molecule has 3 rings (SSSR count). The summed E-state index contributed by atoms with van der Waals surface area (Å²) in [5.41, 5.74) is 6.71.